The zero-order valence-corrected chi connectivity index (χ0v) is 13.4. The molecule has 22 heavy (non-hydrogen) atoms. The van der Waals surface area contributed by atoms with E-state index in [2.05, 4.69) is 18.7 Å². The molecule has 1 atom stereocenters. The van der Waals surface area contributed by atoms with Gasteiger partial charge in [-0.2, -0.15) is 0 Å². The Kier molecular flexibility index (Phi) is 6.34. The second-order valence-electron chi connectivity index (χ2n) is 5.62. The van der Waals surface area contributed by atoms with Crippen molar-refractivity contribution in [3.8, 4) is 0 Å². The second-order valence-corrected chi connectivity index (χ2v) is 5.62. The van der Waals surface area contributed by atoms with Crippen molar-refractivity contribution >= 4 is 5.91 Å². The standard InChI is InChI=1S/C17H25FN2O2/c1-3-19(4-2)13-17(21)20-9-10-22-16(12-20)11-14-5-7-15(18)8-6-14/h5-8,16H,3-4,9-13H2,1-2H3/t16-/m1/s1. The van der Waals surface area contributed by atoms with Gasteiger partial charge in [-0.25, -0.2) is 4.39 Å². The van der Waals surface area contributed by atoms with E-state index in [0.29, 0.717) is 32.7 Å². The summed E-state index contributed by atoms with van der Waals surface area (Å²) >= 11 is 0. The summed E-state index contributed by atoms with van der Waals surface area (Å²) in [6, 6.07) is 6.47. The Morgan fingerprint density at radius 1 is 1.32 bits per heavy atom. The highest BCUT2D eigenvalue weighted by molar-refractivity contribution is 5.78. The summed E-state index contributed by atoms with van der Waals surface area (Å²) in [5.41, 5.74) is 1.03. The second kappa shape index (κ2) is 8.25. The summed E-state index contributed by atoms with van der Waals surface area (Å²) in [6.07, 6.45) is 0.690. The normalized spacial score (nSPS) is 18.7. The SMILES string of the molecule is CCN(CC)CC(=O)N1CCO[C@H](Cc2ccc(F)cc2)C1. The molecule has 1 fully saturated rings. The lowest BCUT2D eigenvalue weighted by Gasteiger charge is -2.34. The highest BCUT2D eigenvalue weighted by Crippen LogP contribution is 2.13. The van der Waals surface area contributed by atoms with Gasteiger partial charge >= 0.3 is 0 Å². The minimum absolute atomic E-state index is 0.0140. The lowest BCUT2D eigenvalue weighted by molar-refractivity contribution is -0.139. The molecule has 0 radical (unpaired) electrons. The molecule has 0 aromatic heterocycles. The first-order chi connectivity index (χ1) is 10.6. The number of amides is 1. The average Bonchev–Trinajstić information content (AvgIpc) is 2.55. The van der Waals surface area contributed by atoms with Crippen molar-refractivity contribution in [2.75, 3.05) is 39.3 Å². The highest BCUT2D eigenvalue weighted by Gasteiger charge is 2.25. The van der Waals surface area contributed by atoms with Crippen LogP contribution in [0.2, 0.25) is 0 Å². The Hall–Kier alpha value is -1.46. The molecule has 0 unspecified atom stereocenters. The van der Waals surface area contributed by atoms with Gasteiger partial charge in [-0.1, -0.05) is 26.0 Å². The highest BCUT2D eigenvalue weighted by atomic mass is 19.1. The van der Waals surface area contributed by atoms with Crippen LogP contribution in [0.1, 0.15) is 19.4 Å². The molecular formula is C17H25FN2O2. The molecule has 1 amide bonds. The minimum atomic E-state index is -0.232. The average molecular weight is 308 g/mol. The molecule has 122 valence electrons. The first-order valence-corrected chi connectivity index (χ1v) is 7.98. The number of morpholine rings is 1. The third-order valence-corrected chi connectivity index (χ3v) is 4.12. The number of hydrogen-bond acceptors (Lipinski definition) is 3. The molecule has 1 aliphatic heterocycles. The number of likely N-dealkylation sites (N-methyl/N-ethyl adjacent to an activating group) is 1. The lowest BCUT2D eigenvalue weighted by atomic mass is 10.1. The monoisotopic (exact) mass is 308 g/mol. The van der Waals surface area contributed by atoms with E-state index in [-0.39, 0.29) is 17.8 Å². The van der Waals surface area contributed by atoms with Crippen molar-refractivity contribution < 1.29 is 13.9 Å². The van der Waals surface area contributed by atoms with E-state index in [1.165, 1.54) is 12.1 Å². The van der Waals surface area contributed by atoms with Gasteiger partial charge in [-0.3, -0.25) is 9.69 Å². The number of benzene rings is 1. The third kappa shape index (κ3) is 4.78. The topological polar surface area (TPSA) is 32.8 Å². The molecule has 4 nitrogen and oxygen atoms in total. The lowest BCUT2D eigenvalue weighted by Crippen LogP contribution is -2.49. The van der Waals surface area contributed by atoms with E-state index < -0.39 is 0 Å². The van der Waals surface area contributed by atoms with Gasteiger partial charge in [0.05, 0.1) is 19.3 Å². The van der Waals surface area contributed by atoms with Crippen LogP contribution in [0.3, 0.4) is 0 Å². The molecule has 0 N–H and O–H groups in total. The van der Waals surface area contributed by atoms with Crippen molar-refractivity contribution in [3.63, 3.8) is 0 Å². The van der Waals surface area contributed by atoms with Gasteiger partial charge in [0.2, 0.25) is 5.91 Å². The fraction of sp³-hybridized carbons (Fsp3) is 0.588. The maximum absolute atomic E-state index is 12.9. The smallest absolute Gasteiger partial charge is 0.236 e. The largest absolute Gasteiger partial charge is 0.374 e. The third-order valence-electron chi connectivity index (χ3n) is 4.12. The zero-order chi connectivity index (χ0) is 15.9. The van der Waals surface area contributed by atoms with Crippen LogP contribution < -0.4 is 0 Å². The van der Waals surface area contributed by atoms with Crippen LogP contribution in [0.15, 0.2) is 24.3 Å². The van der Waals surface area contributed by atoms with Crippen LogP contribution in [-0.2, 0) is 16.0 Å². The van der Waals surface area contributed by atoms with Gasteiger partial charge in [-0.15, -0.1) is 0 Å². The predicted octanol–water partition coefficient (Wildman–Crippen LogP) is 1.94. The van der Waals surface area contributed by atoms with Crippen LogP contribution in [0.25, 0.3) is 0 Å². The zero-order valence-electron chi connectivity index (χ0n) is 13.4. The number of carbonyl (C=O) groups is 1. The molecule has 2 rings (SSSR count). The molecule has 1 saturated heterocycles. The van der Waals surface area contributed by atoms with Crippen molar-refractivity contribution in [3.05, 3.63) is 35.6 Å². The molecule has 1 aliphatic rings. The van der Waals surface area contributed by atoms with E-state index in [9.17, 15) is 9.18 Å². The number of halogens is 1. The first kappa shape index (κ1) is 16.9. The molecule has 0 bridgehead atoms. The quantitative estimate of drug-likeness (QED) is 0.805. The minimum Gasteiger partial charge on any atom is -0.374 e. The molecule has 1 aromatic rings. The van der Waals surface area contributed by atoms with Crippen LogP contribution >= 0.6 is 0 Å². The van der Waals surface area contributed by atoms with Gasteiger partial charge in [0.1, 0.15) is 5.82 Å². The number of rotatable bonds is 6. The van der Waals surface area contributed by atoms with Crippen molar-refractivity contribution in [2.45, 2.75) is 26.4 Å². The Morgan fingerprint density at radius 2 is 2.00 bits per heavy atom. The van der Waals surface area contributed by atoms with Crippen LogP contribution in [0.4, 0.5) is 4.39 Å². The molecular weight excluding hydrogens is 283 g/mol. The van der Waals surface area contributed by atoms with Crippen LogP contribution in [-0.4, -0.2) is 61.1 Å². The van der Waals surface area contributed by atoms with Crippen molar-refractivity contribution in [2.24, 2.45) is 0 Å². The Bertz CT molecular complexity index is 474. The Balaban J connectivity index is 1.88. The van der Waals surface area contributed by atoms with Crippen LogP contribution in [0.5, 0.6) is 0 Å². The van der Waals surface area contributed by atoms with Gasteiger partial charge in [0.15, 0.2) is 0 Å². The summed E-state index contributed by atoms with van der Waals surface area (Å²) in [4.78, 5) is 16.4. The summed E-state index contributed by atoms with van der Waals surface area (Å²) < 4.78 is 18.7. The van der Waals surface area contributed by atoms with Crippen molar-refractivity contribution in [1.82, 2.24) is 9.80 Å². The van der Waals surface area contributed by atoms with E-state index >= 15 is 0 Å². The van der Waals surface area contributed by atoms with E-state index in [1.54, 1.807) is 12.1 Å². The first-order valence-electron chi connectivity index (χ1n) is 7.98. The number of ether oxygens (including phenoxy) is 1. The Labute approximate surface area is 131 Å². The molecule has 0 spiro atoms. The van der Waals surface area contributed by atoms with E-state index in [4.69, 9.17) is 4.74 Å². The number of hydrogen-bond donors (Lipinski definition) is 0. The van der Waals surface area contributed by atoms with Gasteiger partial charge in [0.25, 0.3) is 0 Å². The maximum Gasteiger partial charge on any atom is 0.236 e. The Morgan fingerprint density at radius 3 is 2.64 bits per heavy atom. The molecule has 0 saturated carbocycles. The summed E-state index contributed by atoms with van der Waals surface area (Å²) in [5.74, 6) is -0.0690. The summed E-state index contributed by atoms with van der Waals surface area (Å²) in [5, 5.41) is 0. The van der Waals surface area contributed by atoms with Gasteiger partial charge in [0, 0.05) is 19.5 Å². The van der Waals surface area contributed by atoms with Crippen LogP contribution in [0, 0.1) is 5.82 Å². The number of nitrogens with zero attached hydrogens (tertiary/aromatic N) is 2. The fourth-order valence-corrected chi connectivity index (χ4v) is 2.69. The van der Waals surface area contributed by atoms with Gasteiger partial charge < -0.3 is 9.64 Å². The van der Waals surface area contributed by atoms with Gasteiger partial charge in [-0.05, 0) is 30.8 Å². The summed E-state index contributed by atoms with van der Waals surface area (Å²) in [7, 11) is 0. The predicted molar refractivity (Wildman–Crippen MR) is 84.2 cm³/mol. The maximum atomic E-state index is 12.9. The number of carbonyl (C=O) groups excluding carboxylic acids is 1. The molecule has 5 heteroatoms. The van der Waals surface area contributed by atoms with E-state index in [0.717, 1.165) is 18.7 Å². The van der Waals surface area contributed by atoms with Crippen molar-refractivity contribution in [1.29, 1.82) is 0 Å². The molecule has 1 aromatic carbocycles. The van der Waals surface area contributed by atoms with E-state index in [1.807, 2.05) is 4.90 Å². The molecule has 1 heterocycles. The molecule has 0 aliphatic carbocycles. The fourth-order valence-electron chi connectivity index (χ4n) is 2.69. The summed E-state index contributed by atoms with van der Waals surface area (Å²) in [6.45, 7) is 8.18.